The normalized spacial score (nSPS) is 20.9. The summed E-state index contributed by atoms with van der Waals surface area (Å²) in [5.74, 6) is 0.950. The molecule has 0 spiro atoms. The maximum atomic E-state index is 5.45. The second-order valence-corrected chi connectivity index (χ2v) is 4.93. The van der Waals surface area contributed by atoms with E-state index in [1.807, 2.05) is 19.1 Å². The van der Waals surface area contributed by atoms with E-state index in [9.17, 15) is 0 Å². The lowest BCUT2D eigenvalue weighted by molar-refractivity contribution is 0.340. The molecular weight excluding hydrogens is 224 g/mol. The van der Waals surface area contributed by atoms with Gasteiger partial charge < -0.3 is 15.4 Å². The molecule has 1 fully saturated rings. The van der Waals surface area contributed by atoms with Crippen LogP contribution in [0.5, 0.6) is 5.75 Å². The first-order valence-corrected chi connectivity index (χ1v) is 6.99. The van der Waals surface area contributed by atoms with Gasteiger partial charge in [-0.25, -0.2) is 0 Å². The van der Waals surface area contributed by atoms with Crippen molar-refractivity contribution >= 4 is 0 Å². The number of nitrogens with one attached hydrogen (secondary N) is 2. The fourth-order valence-corrected chi connectivity index (χ4v) is 2.39. The fraction of sp³-hybridized carbons (Fsp3) is 0.600. The largest absolute Gasteiger partial charge is 0.494 e. The van der Waals surface area contributed by atoms with Gasteiger partial charge in [-0.15, -0.1) is 0 Å². The van der Waals surface area contributed by atoms with Crippen molar-refractivity contribution in [3.05, 3.63) is 29.8 Å². The summed E-state index contributed by atoms with van der Waals surface area (Å²) in [7, 11) is 0. The Kier molecular flexibility index (Phi) is 5.02. The summed E-state index contributed by atoms with van der Waals surface area (Å²) in [6.45, 7) is 7.16. The second kappa shape index (κ2) is 6.76. The van der Waals surface area contributed by atoms with Gasteiger partial charge in [0.15, 0.2) is 0 Å². The van der Waals surface area contributed by atoms with Gasteiger partial charge in [-0.1, -0.05) is 12.1 Å². The minimum atomic E-state index is 0.392. The van der Waals surface area contributed by atoms with Gasteiger partial charge in [-0.05, 0) is 50.9 Å². The van der Waals surface area contributed by atoms with Gasteiger partial charge in [0, 0.05) is 18.6 Å². The van der Waals surface area contributed by atoms with E-state index in [2.05, 4.69) is 29.7 Å². The maximum absolute atomic E-state index is 5.45. The molecule has 2 rings (SSSR count). The molecule has 0 aromatic heterocycles. The quantitative estimate of drug-likeness (QED) is 0.811. The molecule has 3 heteroatoms. The third kappa shape index (κ3) is 3.72. The average molecular weight is 248 g/mol. The van der Waals surface area contributed by atoms with Crippen LogP contribution < -0.4 is 15.4 Å². The molecule has 2 unspecified atom stereocenters. The van der Waals surface area contributed by atoms with Gasteiger partial charge in [0.05, 0.1) is 6.61 Å². The van der Waals surface area contributed by atoms with Crippen LogP contribution in [0, 0.1) is 0 Å². The minimum absolute atomic E-state index is 0.392. The van der Waals surface area contributed by atoms with Gasteiger partial charge in [-0.3, -0.25) is 0 Å². The van der Waals surface area contributed by atoms with Crippen LogP contribution in [0.2, 0.25) is 0 Å². The Morgan fingerprint density at radius 3 is 2.78 bits per heavy atom. The van der Waals surface area contributed by atoms with E-state index in [4.69, 9.17) is 4.74 Å². The van der Waals surface area contributed by atoms with Crippen molar-refractivity contribution in [2.75, 3.05) is 19.7 Å². The monoisotopic (exact) mass is 248 g/mol. The topological polar surface area (TPSA) is 33.3 Å². The molecule has 1 aliphatic heterocycles. The van der Waals surface area contributed by atoms with Crippen LogP contribution in [0.3, 0.4) is 0 Å². The van der Waals surface area contributed by atoms with Crippen LogP contribution in [0.1, 0.15) is 38.3 Å². The van der Waals surface area contributed by atoms with E-state index in [1.54, 1.807) is 0 Å². The standard InChI is InChI=1S/C15H24N2O/c1-3-18-15-8-6-13(7-9-15)12(2)17-11-14-5-4-10-16-14/h6-9,12,14,16-17H,3-5,10-11H2,1-2H3. The Morgan fingerprint density at radius 1 is 1.39 bits per heavy atom. The highest BCUT2D eigenvalue weighted by atomic mass is 16.5. The van der Waals surface area contributed by atoms with Crippen LogP contribution in [0.4, 0.5) is 0 Å². The number of hydrogen-bond acceptors (Lipinski definition) is 3. The molecule has 1 aromatic carbocycles. The minimum Gasteiger partial charge on any atom is -0.494 e. The first-order chi connectivity index (χ1) is 8.79. The Hall–Kier alpha value is -1.06. The fourth-order valence-electron chi connectivity index (χ4n) is 2.39. The van der Waals surface area contributed by atoms with Crippen molar-refractivity contribution in [1.82, 2.24) is 10.6 Å². The Bertz CT molecular complexity index is 344. The molecule has 2 atom stereocenters. The van der Waals surface area contributed by atoms with Crippen molar-refractivity contribution in [2.24, 2.45) is 0 Å². The van der Waals surface area contributed by atoms with E-state index >= 15 is 0 Å². The zero-order valence-corrected chi connectivity index (χ0v) is 11.4. The van der Waals surface area contributed by atoms with Gasteiger partial charge in [0.2, 0.25) is 0 Å². The van der Waals surface area contributed by atoms with Crippen LogP contribution in [-0.4, -0.2) is 25.7 Å². The molecule has 100 valence electrons. The highest BCUT2D eigenvalue weighted by Crippen LogP contribution is 2.17. The lowest BCUT2D eigenvalue weighted by atomic mass is 10.1. The summed E-state index contributed by atoms with van der Waals surface area (Å²) in [4.78, 5) is 0. The van der Waals surface area contributed by atoms with E-state index in [0.717, 1.165) is 18.9 Å². The Labute approximate surface area is 110 Å². The van der Waals surface area contributed by atoms with Crippen LogP contribution in [0.25, 0.3) is 0 Å². The van der Waals surface area contributed by atoms with Crippen molar-refractivity contribution in [3.8, 4) is 5.75 Å². The summed E-state index contributed by atoms with van der Waals surface area (Å²) in [6, 6.07) is 9.42. The SMILES string of the molecule is CCOc1ccc(C(C)NCC2CCCN2)cc1. The van der Waals surface area contributed by atoms with Gasteiger partial charge in [-0.2, -0.15) is 0 Å². The Balaban J connectivity index is 1.81. The third-order valence-electron chi connectivity index (χ3n) is 3.52. The lowest BCUT2D eigenvalue weighted by Gasteiger charge is -2.18. The predicted molar refractivity (Wildman–Crippen MR) is 75.1 cm³/mol. The number of benzene rings is 1. The smallest absolute Gasteiger partial charge is 0.119 e. The van der Waals surface area contributed by atoms with Crippen LogP contribution >= 0.6 is 0 Å². The first kappa shape index (κ1) is 13.4. The molecule has 1 saturated heterocycles. The molecule has 3 nitrogen and oxygen atoms in total. The number of rotatable bonds is 6. The van der Waals surface area contributed by atoms with E-state index in [-0.39, 0.29) is 0 Å². The van der Waals surface area contributed by atoms with Crippen LogP contribution in [0.15, 0.2) is 24.3 Å². The van der Waals surface area contributed by atoms with Crippen molar-refractivity contribution < 1.29 is 4.74 Å². The predicted octanol–water partition coefficient (Wildman–Crippen LogP) is 2.49. The molecule has 0 saturated carbocycles. The molecule has 1 heterocycles. The summed E-state index contributed by atoms with van der Waals surface area (Å²) in [5, 5.41) is 7.10. The molecule has 0 bridgehead atoms. The van der Waals surface area contributed by atoms with E-state index in [0.29, 0.717) is 12.1 Å². The van der Waals surface area contributed by atoms with E-state index < -0.39 is 0 Å². The molecule has 0 radical (unpaired) electrons. The van der Waals surface area contributed by atoms with Gasteiger partial charge in [0.25, 0.3) is 0 Å². The summed E-state index contributed by atoms with van der Waals surface area (Å²) in [6.07, 6.45) is 2.60. The zero-order chi connectivity index (χ0) is 12.8. The van der Waals surface area contributed by atoms with Crippen LogP contribution in [-0.2, 0) is 0 Å². The highest BCUT2D eigenvalue weighted by Gasteiger charge is 2.14. The van der Waals surface area contributed by atoms with E-state index in [1.165, 1.54) is 24.9 Å². The molecular formula is C15H24N2O. The molecule has 0 aliphatic carbocycles. The molecule has 18 heavy (non-hydrogen) atoms. The summed E-state index contributed by atoms with van der Waals surface area (Å²) < 4.78 is 5.45. The maximum Gasteiger partial charge on any atom is 0.119 e. The van der Waals surface area contributed by atoms with Crippen molar-refractivity contribution in [1.29, 1.82) is 0 Å². The van der Waals surface area contributed by atoms with Crippen molar-refractivity contribution in [3.63, 3.8) is 0 Å². The number of ether oxygens (including phenoxy) is 1. The van der Waals surface area contributed by atoms with Gasteiger partial charge >= 0.3 is 0 Å². The molecule has 1 aliphatic rings. The first-order valence-electron chi connectivity index (χ1n) is 6.99. The number of hydrogen-bond donors (Lipinski definition) is 2. The highest BCUT2D eigenvalue weighted by molar-refractivity contribution is 5.28. The third-order valence-corrected chi connectivity index (χ3v) is 3.52. The van der Waals surface area contributed by atoms with Crippen molar-refractivity contribution in [2.45, 2.75) is 38.8 Å². The molecule has 0 amide bonds. The lowest BCUT2D eigenvalue weighted by Crippen LogP contribution is -2.35. The summed E-state index contributed by atoms with van der Waals surface area (Å²) >= 11 is 0. The second-order valence-electron chi connectivity index (χ2n) is 4.93. The Morgan fingerprint density at radius 2 is 2.17 bits per heavy atom. The molecule has 2 N–H and O–H groups in total. The van der Waals surface area contributed by atoms with Gasteiger partial charge in [0.1, 0.15) is 5.75 Å². The average Bonchev–Trinajstić information content (AvgIpc) is 2.90. The zero-order valence-electron chi connectivity index (χ0n) is 11.4. The molecule has 1 aromatic rings. The summed E-state index contributed by atoms with van der Waals surface area (Å²) in [5.41, 5.74) is 1.32.